The van der Waals surface area contributed by atoms with Crippen LogP contribution in [0, 0.1) is 17.0 Å². The highest BCUT2D eigenvalue weighted by Gasteiger charge is 2.09. The Hall–Kier alpha value is -1.59. The Bertz CT molecular complexity index is 662. The Balaban J connectivity index is 2.15. The van der Waals surface area contributed by atoms with Crippen LogP contribution >= 0.6 is 27.5 Å². The first-order valence-electron chi connectivity index (χ1n) is 5.90. The van der Waals surface area contributed by atoms with E-state index in [1.54, 1.807) is 6.07 Å². The van der Waals surface area contributed by atoms with Crippen LogP contribution < -0.4 is 5.32 Å². The molecule has 0 aliphatic carbocycles. The van der Waals surface area contributed by atoms with Gasteiger partial charge in [-0.1, -0.05) is 17.7 Å². The fraction of sp³-hybridized carbons (Fsp3) is 0.143. The molecule has 1 N–H and O–H groups in total. The van der Waals surface area contributed by atoms with Crippen molar-refractivity contribution in [1.82, 2.24) is 0 Å². The van der Waals surface area contributed by atoms with E-state index in [2.05, 4.69) is 21.2 Å². The minimum absolute atomic E-state index is 0.00418. The van der Waals surface area contributed by atoms with Gasteiger partial charge in [0.1, 0.15) is 0 Å². The predicted molar refractivity (Wildman–Crippen MR) is 84.3 cm³/mol. The largest absolute Gasteiger partial charge is 0.380 e. The Morgan fingerprint density at radius 1 is 1.30 bits per heavy atom. The van der Waals surface area contributed by atoms with Crippen LogP contribution in [-0.2, 0) is 6.54 Å². The molecule has 4 nitrogen and oxygen atoms in total. The van der Waals surface area contributed by atoms with Crippen molar-refractivity contribution in [3.05, 3.63) is 67.1 Å². The number of non-ortho nitro benzene ring substituents is 1. The van der Waals surface area contributed by atoms with E-state index in [0.717, 1.165) is 21.3 Å². The highest BCUT2D eigenvalue weighted by molar-refractivity contribution is 9.10. The molecule has 0 aliphatic rings. The molecule has 0 spiro atoms. The molecule has 2 aromatic rings. The lowest BCUT2D eigenvalue weighted by atomic mass is 10.2. The number of hydrogen-bond acceptors (Lipinski definition) is 3. The lowest BCUT2D eigenvalue weighted by molar-refractivity contribution is -0.384. The number of nitrogens with one attached hydrogen (secondary N) is 1. The lowest BCUT2D eigenvalue weighted by Crippen LogP contribution is -2.01. The summed E-state index contributed by atoms with van der Waals surface area (Å²) in [4.78, 5) is 10.2. The fourth-order valence-corrected chi connectivity index (χ4v) is 2.39. The van der Waals surface area contributed by atoms with E-state index in [1.807, 2.05) is 25.1 Å². The van der Waals surface area contributed by atoms with E-state index in [1.165, 1.54) is 12.1 Å². The number of anilines is 1. The van der Waals surface area contributed by atoms with Gasteiger partial charge in [0.15, 0.2) is 0 Å². The van der Waals surface area contributed by atoms with Crippen molar-refractivity contribution in [2.75, 3.05) is 5.32 Å². The van der Waals surface area contributed by atoms with Gasteiger partial charge in [0, 0.05) is 28.8 Å². The number of nitro benzene ring substituents is 1. The van der Waals surface area contributed by atoms with Crippen molar-refractivity contribution in [3.63, 3.8) is 0 Å². The highest BCUT2D eigenvalue weighted by atomic mass is 79.9. The maximum atomic E-state index is 10.7. The van der Waals surface area contributed by atoms with Crippen LogP contribution in [0.5, 0.6) is 0 Å². The average Bonchev–Trinajstić information content (AvgIpc) is 2.40. The maximum absolute atomic E-state index is 10.7. The summed E-state index contributed by atoms with van der Waals surface area (Å²) in [6, 6.07) is 10.5. The van der Waals surface area contributed by atoms with Crippen molar-refractivity contribution < 1.29 is 4.92 Å². The molecule has 0 amide bonds. The summed E-state index contributed by atoms with van der Waals surface area (Å²) in [7, 11) is 0. The third-order valence-electron chi connectivity index (χ3n) is 2.84. The van der Waals surface area contributed by atoms with Gasteiger partial charge in [-0.05, 0) is 52.2 Å². The second kappa shape index (κ2) is 6.24. The third kappa shape index (κ3) is 3.49. The zero-order chi connectivity index (χ0) is 14.7. The molecular weight excluding hydrogens is 344 g/mol. The number of nitrogens with zero attached hydrogens (tertiary/aromatic N) is 1. The molecule has 0 fully saturated rings. The smallest absolute Gasteiger partial charge is 0.270 e. The van der Waals surface area contributed by atoms with Crippen LogP contribution in [0.4, 0.5) is 11.4 Å². The fourth-order valence-electron chi connectivity index (χ4n) is 1.76. The van der Waals surface area contributed by atoms with Crippen LogP contribution in [0.3, 0.4) is 0 Å². The quantitative estimate of drug-likeness (QED) is 0.625. The maximum Gasteiger partial charge on any atom is 0.270 e. The van der Waals surface area contributed by atoms with E-state index in [4.69, 9.17) is 11.6 Å². The van der Waals surface area contributed by atoms with Crippen LogP contribution in [0.15, 0.2) is 40.9 Å². The first kappa shape index (κ1) is 14.8. The molecule has 0 saturated carbocycles. The molecule has 20 heavy (non-hydrogen) atoms. The van der Waals surface area contributed by atoms with E-state index in [0.29, 0.717) is 11.6 Å². The average molecular weight is 356 g/mol. The van der Waals surface area contributed by atoms with Gasteiger partial charge in [0.2, 0.25) is 0 Å². The Labute approximate surface area is 130 Å². The summed E-state index contributed by atoms with van der Waals surface area (Å²) in [5.41, 5.74) is 2.91. The van der Waals surface area contributed by atoms with Gasteiger partial charge >= 0.3 is 0 Å². The summed E-state index contributed by atoms with van der Waals surface area (Å²) in [6.07, 6.45) is 0. The predicted octanol–water partition coefficient (Wildman–Crippen LogP) is 4.93. The number of rotatable bonds is 4. The second-order valence-corrected chi connectivity index (χ2v) is 5.63. The molecular formula is C14H12BrClN2O2. The first-order valence-corrected chi connectivity index (χ1v) is 7.07. The number of nitro groups is 1. The number of aryl methyl sites for hydroxylation is 1. The van der Waals surface area contributed by atoms with Crippen molar-refractivity contribution in [2.24, 2.45) is 0 Å². The topological polar surface area (TPSA) is 55.2 Å². The summed E-state index contributed by atoms with van der Waals surface area (Å²) in [5.74, 6) is 0. The standard InChI is InChI=1S/C14H12BrClN2O2/c1-9-2-5-12(15)14(6-9)17-8-10-3-4-11(18(19)20)7-13(10)16/h2-7,17H,8H2,1H3. The zero-order valence-electron chi connectivity index (χ0n) is 10.7. The zero-order valence-corrected chi connectivity index (χ0v) is 13.0. The number of hydrogen-bond donors (Lipinski definition) is 1. The molecule has 0 atom stereocenters. The molecule has 0 saturated heterocycles. The Morgan fingerprint density at radius 2 is 2.05 bits per heavy atom. The summed E-state index contributed by atoms with van der Waals surface area (Å²) in [5, 5.41) is 14.3. The third-order valence-corrected chi connectivity index (χ3v) is 3.88. The molecule has 0 bridgehead atoms. The van der Waals surface area contributed by atoms with Gasteiger partial charge in [0.25, 0.3) is 5.69 Å². The van der Waals surface area contributed by atoms with Crippen molar-refractivity contribution in [1.29, 1.82) is 0 Å². The molecule has 6 heteroatoms. The molecule has 0 aliphatic heterocycles. The van der Waals surface area contributed by atoms with Crippen LogP contribution in [0.2, 0.25) is 5.02 Å². The van der Waals surface area contributed by atoms with Crippen LogP contribution in [-0.4, -0.2) is 4.92 Å². The summed E-state index contributed by atoms with van der Waals surface area (Å²) >= 11 is 9.52. The van der Waals surface area contributed by atoms with E-state index >= 15 is 0 Å². The van der Waals surface area contributed by atoms with Crippen LogP contribution in [0.1, 0.15) is 11.1 Å². The molecule has 0 unspecified atom stereocenters. The van der Waals surface area contributed by atoms with Gasteiger partial charge in [-0.25, -0.2) is 0 Å². The van der Waals surface area contributed by atoms with Crippen molar-refractivity contribution in [2.45, 2.75) is 13.5 Å². The van der Waals surface area contributed by atoms with Gasteiger partial charge in [-0.2, -0.15) is 0 Å². The van der Waals surface area contributed by atoms with Crippen molar-refractivity contribution in [3.8, 4) is 0 Å². The number of halogens is 2. The monoisotopic (exact) mass is 354 g/mol. The molecule has 2 aromatic carbocycles. The highest BCUT2D eigenvalue weighted by Crippen LogP contribution is 2.26. The normalized spacial score (nSPS) is 10.3. The first-order chi connectivity index (χ1) is 9.47. The Morgan fingerprint density at radius 3 is 2.70 bits per heavy atom. The molecule has 0 radical (unpaired) electrons. The van der Waals surface area contributed by atoms with E-state index < -0.39 is 4.92 Å². The molecule has 104 valence electrons. The van der Waals surface area contributed by atoms with E-state index in [9.17, 15) is 10.1 Å². The van der Waals surface area contributed by atoms with Gasteiger partial charge < -0.3 is 5.32 Å². The van der Waals surface area contributed by atoms with Crippen molar-refractivity contribution >= 4 is 38.9 Å². The minimum Gasteiger partial charge on any atom is -0.380 e. The Kier molecular flexibility index (Phi) is 4.62. The summed E-state index contributed by atoms with van der Waals surface area (Å²) < 4.78 is 0.959. The van der Waals surface area contributed by atoms with Gasteiger partial charge in [0.05, 0.1) is 9.95 Å². The van der Waals surface area contributed by atoms with Crippen LogP contribution in [0.25, 0.3) is 0 Å². The van der Waals surface area contributed by atoms with Gasteiger partial charge in [-0.3, -0.25) is 10.1 Å². The second-order valence-electron chi connectivity index (χ2n) is 4.37. The van der Waals surface area contributed by atoms with Gasteiger partial charge in [-0.15, -0.1) is 0 Å². The molecule has 0 aromatic heterocycles. The molecule has 0 heterocycles. The van der Waals surface area contributed by atoms with E-state index in [-0.39, 0.29) is 5.69 Å². The summed E-state index contributed by atoms with van der Waals surface area (Å²) in [6.45, 7) is 2.51. The minimum atomic E-state index is -0.458. The SMILES string of the molecule is Cc1ccc(Br)c(NCc2ccc([N+](=O)[O-])cc2Cl)c1. The molecule has 2 rings (SSSR count). The lowest BCUT2D eigenvalue weighted by Gasteiger charge is -2.10. The number of benzene rings is 2.